The number of hydrogen-bond donors (Lipinski definition) is 3. The topological polar surface area (TPSA) is 117 Å². The molecule has 0 aliphatic carbocycles. The highest BCUT2D eigenvalue weighted by Crippen LogP contribution is 2.09. The predicted molar refractivity (Wildman–Crippen MR) is 119 cm³/mol. The molecule has 30 heavy (non-hydrogen) atoms. The summed E-state index contributed by atoms with van der Waals surface area (Å²) in [6.45, 7) is 8.71. The molecule has 0 rings (SSSR count). The van der Waals surface area contributed by atoms with E-state index in [4.69, 9.17) is 4.74 Å². The fraction of sp³-hybridized carbons (Fsp3) is 0.800. The summed E-state index contributed by atoms with van der Waals surface area (Å²) in [5, 5.41) is 7.78. The Balaban J connectivity index is 5.02. The number of amides is 4. The molecular formula is C20H38N4O5S. The van der Waals surface area contributed by atoms with Crippen LogP contribution in [-0.4, -0.2) is 79.0 Å². The maximum Gasteiger partial charge on any atom is 0.408 e. The maximum atomic E-state index is 12.8. The monoisotopic (exact) mass is 446 g/mol. The van der Waals surface area contributed by atoms with Gasteiger partial charge in [0.05, 0.1) is 0 Å². The van der Waals surface area contributed by atoms with Crippen LogP contribution in [0.15, 0.2) is 0 Å². The third kappa shape index (κ3) is 12.6. The number of nitrogens with zero attached hydrogens (tertiary/aromatic N) is 1. The van der Waals surface area contributed by atoms with Gasteiger partial charge in [0.2, 0.25) is 17.7 Å². The fourth-order valence-corrected chi connectivity index (χ4v) is 2.96. The summed E-state index contributed by atoms with van der Waals surface area (Å²) in [7, 11) is 3.27. The first-order valence-electron chi connectivity index (χ1n) is 10.0. The lowest BCUT2D eigenvalue weighted by Gasteiger charge is -2.26. The van der Waals surface area contributed by atoms with Gasteiger partial charge in [-0.05, 0) is 51.5 Å². The summed E-state index contributed by atoms with van der Waals surface area (Å²) in [6, 6.07) is -1.48. The van der Waals surface area contributed by atoms with Gasteiger partial charge >= 0.3 is 6.09 Å². The first kappa shape index (κ1) is 28.0. The summed E-state index contributed by atoms with van der Waals surface area (Å²) in [4.78, 5) is 50.6. The van der Waals surface area contributed by atoms with E-state index in [-0.39, 0.29) is 18.4 Å². The van der Waals surface area contributed by atoms with Gasteiger partial charge in [-0.3, -0.25) is 14.4 Å². The molecule has 9 nitrogen and oxygen atoms in total. The molecule has 0 unspecified atom stereocenters. The number of thioether (sulfide) groups is 1. The van der Waals surface area contributed by atoms with Gasteiger partial charge in [0.15, 0.2) is 0 Å². The van der Waals surface area contributed by atoms with E-state index in [9.17, 15) is 19.2 Å². The third-order valence-electron chi connectivity index (χ3n) is 3.82. The van der Waals surface area contributed by atoms with Gasteiger partial charge in [0, 0.05) is 14.1 Å². The second-order valence-electron chi connectivity index (χ2n) is 8.68. The Labute approximate surface area is 184 Å². The number of carbonyl (C=O) groups is 4. The van der Waals surface area contributed by atoms with Crippen LogP contribution < -0.4 is 16.0 Å². The SMILES string of the molecule is CSCC[C@H](NC(=O)[C@H](CC(C)C)NC(=O)CNC(=O)OC(C)(C)C)C(=O)N(C)C. The molecule has 4 amide bonds. The van der Waals surface area contributed by atoms with Crippen molar-refractivity contribution in [3.05, 3.63) is 0 Å². The van der Waals surface area contributed by atoms with E-state index in [0.29, 0.717) is 18.6 Å². The molecule has 0 fully saturated rings. The number of carbonyl (C=O) groups excluding carboxylic acids is 4. The van der Waals surface area contributed by atoms with Gasteiger partial charge in [0.1, 0.15) is 24.2 Å². The normalized spacial score (nSPS) is 13.2. The summed E-state index contributed by atoms with van der Waals surface area (Å²) in [5.41, 5.74) is -0.675. The first-order valence-corrected chi connectivity index (χ1v) is 11.4. The fourth-order valence-electron chi connectivity index (χ4n) is 2.49. The van der Waals surface area contributed by atoms with Gasteiger partial charge < -0.3 is 25.6 Å². The average molecular weight is 447 g/mol. The van der Waals surface area contributed by atoms with Crippen molar-refractivity contribution >= 4 is 35.6 Å². The van der Waals surface area contributed by atoms with Crippen molar-refractivity contribution in [1.29, 1.82) is 0 Å². The Hall–Kier alpha value is -1.97. The largest absolute Gasteiger partial charge is 0.444 e. The van der Waals surface area contributed by atoms with E-state index in [2.05, 4.69) is 16.0 Å². The summed E-state index contributed by atoms with van der Waals surface area (Å²) >= 11 is 1.59. The Morgan fingerprint density at radius 1 is 1.03 bits per heavy atom. The quantitative estimate of drug-likeness (QED) is 0.441. The molecule has 0 saturated carbocycles. The molecule has 2 atom stereocenters. The minimum Gasteiger partial charge on any atom is -0.444 e. The Bertz CT molecular complexity index is 590. The maximum absolute atomic E-state index is 12.8. The number of nitrogens with one attached hydrogen (secondary N) is 3. The molecule has 0 aromatic heterocycles. The number of alkyl carbamates (subject to hydrolysis) is 1. The molecule has 0 heterocycles. The minimum atomic E-state index is -0.815. The van der Waals surface area contributed by atoms with Crippen molar-refractivity contribution in [3.8, 4) is 0 Å². The standard InChI is InChI=1S/C20H38N4O5S/c1-13(2)11-15(22-16(25)12-21-19(28)29-20(3,4)5)17(26)23-14(9-10-30-8)18(27)24(6)7/h13-15H,9-12H2,1-8H3,(H,21,28)(H,22,25)(H,23,26)/t14-,15-/m0/s1. The van der Waals surface area contributed by atoms with Gasteiger partial charge in [-0.25, -0.2) is 4.79 Å². The molecule has 0 aliphatic rings. The van der Waals surface area contributed by atoms with Crippen LogP contribution in [0.4, 0.5) is 4.79 Å². The number of ether oxygens (including phenoxy) is 1. The van der Waals surface area contributed by atoms with Crippen LogP contribution in [0.1, 0.15) is 47.5 Å². The van der Waals surface area contributed by atoms with Crippen molar-refractivity contribution in [2.24, 2.45) is 5.92 Å². The number of likely N-dealkylation sites (N-methyl/N-ethyl adjacent to an activating group) is 1. The Morgan fingerprint density at radius 3 is 2.10 bits per heavy atom. The predicted octanol–water partition coefficient (Wildman–Crippen LogP) is 1.37. The molecule has 0 aliphatic heterocycles. The molecule has 0 bridgehead atoms. The zero-order valence-electron chi connectivity index (χ0n) is 19.5. The van der Waals surface area contributed by atoms with Crippen molar-refractivity contribution in [3.63, 3.8) is 0 Å². The lowest BCUT2D eigenvalue weighted by atomic mass is 10.0. The molecule has 3 N–H and O–H groups in total. The van der Waals surface area contributed by atoms with Crippen LogP contribution in [0.2, 0.25) is 0 Å². The van der Waals surface area contributed by atoms with Crippen molar-refractivity contribution in [2.75, 3.05) is 32.6 Å². The van der Waals surface area contributed by atoms with Gasteiger partial charge in [-0.15, -0.1) is 0 Å². The van der Waals surface area contributed by atoms with Crippen LogP contribution in [0.3, 0.4) is 0 Å². The van der Waals surface area contributed by atoms with Gasteiger partial charge in [-0.1, -0.05) is 13.8 Å². The molecule has 0 radical (unpaired) electrons. The second-order valence-corrected chi connectivity index (χ2v) is 9.67. The van der Waals surface area contributed by atoms with E-state index in [1.54, 1.807) is 46.6 Å². The zero-order valence-corrected chi connectivity index (χ0v) is 20.3. The van der Waals surface area contributed by atoms with Gasteiger partial charge in [0.25, 0.3) is 0 Å². The van der Waals surface area contributed by atoms with Crippen LogP contribution in [0.5, 0.6) is 0 Å². The van der Waals surface area contributed by atoms with Crippen LogP contribution in [-0.2, 0) is 19.1 Å². The van der Waals surface area contributed by atoms with Crippen LogP contribution in [0, 0.1) is 5.92 Å². The zero-order chi connectivity index (χ0) is 23.5. The number of hydrogen-bond acceptors (Lipinski definition) is 6. The van der Waals surface area contributed by atoms with Crippen molar-refractivity contribution < 1.29 is 23.9 Å². The minimum absolute atomic E-state index is 0.133. The summed E-state index contributed by atoms with van der Waals surface area (Å²) in [5.74, 6) is -0.282. The molecule has 0 spiro atoms. The smallest absolute Gasteiger partial charge is 0.408 e. The van der Waals surface area contributed by atoms with E-state index in [1.807, 2.05) is 20.1 Å². The van der Waals surface area contributed by atoms with Crippen molar-refractivity contribution in [1.82, 2.24) is 20.9 Å². The molecule has 0 aromatic rings. The van der Waals surface area contributed by atoms with Crippen LogP contribution >= 0.6 is 11.8 Å². The Kier molecular flexibility index (Phi) is 12.5. The first-order chi connectivity index (χ1) is 13.8. The third-order valence-corrected chi connectivity index (χ3v) is 4.46. The highest BCUT2D eigenvalue weighted by Gasteiger charge is 2.28. The van der Waals surface area contributed by atoms with Crippen LogP contribution in [0.25, 0.3) is 0 Å². The molecule has 0 saturated heterocycles. The second kappa shape index (κ2) is 13.4. The summed E-state index contributed by atoms with van der Waals surface area (Å²) in [6.07, 6.45) is 2.11. The van der Waals surface area contributed by atoms with E-state index in [0.717, 1.165) is 0 Å². The highest BCUT2D eigenvalue weighted by molar-refractivity contribution is 7.98. The lowest BCUT2D eigenvalue weighted by molar-refractivity contribution is -0.135. The summed E-state index contributed by atoms with van der Waals surface area (Å²) < 4.78 is 5.09. The molecule has 0 aromatic carbocycles. The van der Waals surface area contributed by atoms with E-state index < -0.39 is 35.6 Å². The highest BCUT2D eigenvalue weighted by atomic mass is 32.2. The van der Waals surface area contributed by atoms with E-state index in [1.165, 1.54) is 4.90 Å². The Morgan fingerprint density at radius 2 is 1.63 bits per heavy atom. The lowest BCUT2D eigenvalue weighted by Crippen LogP contribution is -2.55. The average Bonchev–Trinajstić information content (AvgIpc) is 2.60. The van der Waals surface area contributed by atoms with Gasteiger partial charge in [-0.2, -0.15) is 11.8 Å². The molecule has 174 valence electrons. The molecule has 10 heteroatoms. The van der Waals surface area contributed by atoms with E-state index >= 15 is 0 Å². The number of rotatable bonds is 11. The van der Waals surface area contributed by atoms with Crippen molar-refractivity contribution in [2.45, 2.75) is 65.1 Å². The molecular weight excluding hydrogens is 408 g/mol.